The Hall–Kier alpha value is -3.82. The van der Waals surface area contributed by atoms with Gasteiger partial charge in [0.2, 0.25) is 0 Å². The van der Waals surface area contributed by atoms with E-state index in [1.807, 2.05) is 0 Å². The van der Waals surface area contributed by atoms with Gasteiger partial charge in [-0.1, -0.05) is 6.07 Å². The zero-order valence-electron chi connectivity index (χ0n) is 13.0. The number of rotatable bonds is 2. The van der Waals surface area contributed by atoms with E-state index in [1.165, 1.54) is 24.7 Å². The van der Waals surface area contributed by atoms with Gasteiger partial charge in [-0.3, -0.25) is 19.3 Å². The molecule has 8 nitrogen and oxygen atoms in total. The molecule has 0 saturated heterocycles. The largest absolute Gasteiger partial charge is 0.382 e. The monoisotopic (exact) mass is 356 g/mol. The molecule has 0 amide bonds. The first-order chi connectivity index (χ1) is 12.5. The van der Waals surface area contributed by atoms with Crippen molar-refractivity contribution < 1.29 is 8.78 Å². The van der Waals surface area contributed by atoms with Gasteiger partial charge >= 0.3 is 0 Å². The van der Waals surface area contributed by atoms with E-state index in [4.69, 9.17) is 5.73 Å². The molecule has 26 heavy (non-hydrogen) atoms. The van der Waals surface area contributed by atoms with Crippen LogP contribution in [0, 0.1) is 11.6 Å². The Morgan fingerprint density at radius 3 is 2.58 bits per heavy atom. The van der Waals surface area contributed by atoms with Gasteiger partial charge in [-0.2, -0.15) is 5.10 Å². The summed E-state index contributed by atoms with van der Waals surface area (Å²) in [6.45, 7) is 0. The number of nitrogens with two attached hydrogens (primary N) is 1. The van der Waals surface area contributed by atoms with Gasteiger partial charge in [0, 0.05) is 17.8 Å². The Labute approximate surface area is 142 Å². The fourth-order valence-corrected chi connectivity index (χ4v) is 2.74. The molecular formula is C16H10F2N6O2. The number of aromatic amines is 2. The van der Waals surface area contributed by atoms with Crippen molar-refractivity contribution in [1.29, 1.82) is 0 Å². The molecule has 4 rings (SSSR count). The smallest absolute Gasteiger partial charge is 0.268 e. The maximum absolute atomic E-state index is 14.2. The first-order valence-corrected chi connectivity index (χ1v) is 7.36. The van der Waals surface area contributed by atoms with Crippen molar-refractivity contribution in [3.05, 3.63) is 69.1 Å². The lowest BCUT2D eigenvalue weighted by Gasteiger charge is -2.11. The summed E-state index contributed by atoms with van der Waals surface area (Å²) in [5, 5.41) is 6.32. The van der Waals surface area contributed by atoms with Gasteiger partial charge in [-0.15, -0.1) is 0 Å². The van der Waals surface area contributed by atoms with Gasteiger partial charge in [-0.25, -0.2) is 13.8 Å². The van der Waals surface area contributed by atoms with Crippen LogP contribution < -0.4 is 16.9 Å². The number of aromatic nitrogens is 5. The maximum Gasteiger partial charge on any atom is 0.268 e. The number of benzene rings is 1. The third-order valence-corrected chi connectivity index (χ3v) is 3.89. The molecule has 130 valence electrons. The molecule has 10 heteroatoms. The molecule has 4 aromatic rings. The number of pyridine rings is 1. The number of para-hydroxylation sites is 1. The lowest BCUT2D eigenvalue weighted by molar-refractivity contribution is 0.567. The highest BCUT2D eigenvalue weighted by molar-refractivity contribution is 5.97. The highest BCUT2D eigenvalue weighted by Gasteiger charge is 2.20. The summed E-state index contributed by atoms with van der Waals surface area (Å²) in [5.41, 5.74) is 4.60. The second kappa shape index (κ2) is 5.62. The zero-order valence-corrected chi connectivity index (χ0v) is 13.0. The van der Waals surface area contributed by atoms with Crippen molar-refractivity contribution in [1.82, 2.24) is 24.7 Å². The maximum atomic E-state index is 14.2. The molecule has 3 aromatic heterocycles. The number of hydrogen-bond acceptors (Lipinski definition) is 5. The Morgan fingerprint density at radius 1 is 1.15 bits per heavy atom. The van der Waals surface area contributed by atoms with Gasteiger partial charge in [0.1, 0.15) is 22.7 Å². The number of nitrogens with one attached hydrogen (secondary N) is 2. The quantitative estimate of drug-likeness (QED) is 0.500. The van der Waals surface area contributed by atoms with E-state index in [-0.39, 0.29) is 28.0 Å². The molecule has 3 heterocycles. The summed E-state index contributed by atoms with van der Waals surface area (Å²) in [6.07, 6.45) is 2.36. The van der Waals surface area contributed by atoms with E-state index in [1.54, 1.807) is 0 Å². The second-order valence-electron chi connectivity index (χ2n) is 5.44. The molecule has 0 aliphatic carbocycles. The summed E-state index contributed by atoms with van der Waals surface area (Å²) >= 11 is 0. The minimum absolute atomic E-state index is 0.0627. The number of anilines is 1. The minimum Gasteiger partial charge on any atom is -0.382 e. The topological polar surface area (TPSA) is 122 Å². The number of halogens is 2. The van der Waals surface area contributed by atoms with Gasteiger partial charge in [0.25, 0.3) is 11.1 Å². The molecule has 0 spiro atoms. The molecule has 0 aliphatic heterocycles. The van der Waals surface area contributed by atoms with E-state index >= 15 is 0 Å². The van der Waals surface area contributed by atoms with E-state index < -0.39 is 28.4 Å². The standard InChI is InChI=1S/C16H10F2N6O2/c17-8-2-1-3-9(18)14(8)24-5-7(10-4-11(25)21-6-20-10)13-12(16(24)26)15(19)23-22-13/h1-6H,(H3,19,22,23)(H,20,21,25). The molecule has 0 radical (unpaired) electrons. The summed E-state index contributed by atoms with van der Waals surface area (Å²) in [6, 6.07) is 4.42. The van der Waals surface area contributed by atoms with Crippen LogP contribution in [0.3, 0.4) is 0 Å². The van der Waals surface area contributed by atoms with Crippen LogP contribution in [0.1, 0.15) is 0 Å². The first kappa shape index (κ1) is 15.7. The average molecular weight is 356 g/mol. The van der Waals surface area contributed by atoms with E-state index in [9.17, 15) is 18.4 Å². The zero-order chi connectivity index (χ0) is 18.4. The molecule has 0 saturated carbocycles. The molecule has 0 fully saturated rings. The third kappa shape index (κ3) is 2.27. The SMILES string of the molecule is Nc1n[nH]c2c(-c3cc(=O)[nH]cn3)cn(-c3c(F)cccc3F)c(=O)c12. The molecule has 0 aliphatic rings. The van der Waals surface area contributed by atoms with Crippen LogP contribution >= 0.6 is 0 Å². The summed E-state index contributed by atoms with van der Waals surface area (Å²) in [4.78, 5) is 30.8. The number of hydrogen-bond donors (Lipinski definition) is 3. The molecule has 0 unspecified atom stereocenters. The third-order valence-electron chi connectivity index (χ3n) is 3.89. The fourth-order valence-electron chi connectivity index (χ4n) is 2.74. The predicted molar refractivity (Wildman–Crippen MR) is 89.9 cm³/mol. The predicted octanol–water partition coefficient (Wildman–Crippen LogP) is 1.32. The lowest BCUT2D eigenvalue weighted by atomic mass is 10.1. The highest BCUT2D eigenvalue weighted by atomic mass is 19.1. The number of H-pyrrole nitrogens is 2. The van der Waals surface area contributed by atoms with Crippen molar-refractivity contribution in [3.8, 4) is 16.9 Å². The van der Waals surface area contributed by atoms with Gasteiger partial charge in [0.05, 0.1) is 17.5 Å². The molecular weight excluding hydrogens is 346 g/mol. The van der Waals surface area contributed by atoms with E-state index in [0.29, 0.717) is 0 Å². The molecule has 1 aromatic carbocycles. The summed E-state index contributed by atoms with van der Waals surface area (Å²) in [5.74, 6) is -2.00. The molecule has 0 atom stereocenters. The van der Waals surface area contributed by atoms with Crippen LogP contribution in [0.15, 0.2) is 46.4 Å². The van der Waals surface area contributed by atoms with Crippen molar-refractivity contribution >= 4 is 16.7 Å². The summed E-state index contributed by atoms with van der Waals surface area (Å²) in [7, 11) is 0. The Kier molecular flexibility index (Phi) is 3.39. The van der Waals surface area contributed by atoms with Crippen LogP contribution in [0.4, 0.5) is 14.6 Å². The Balaban J connectivity index is 2.16. The second-order valence-corrected chi connectivity index (χ2v) is 5.44. The fraction of sp³-hybridized carbons (Fsp3) is 0. The minimum atomic E-state index is -0.932. The molecule has 4 N–H and O–H groups in total. The van der Waals surface area contributed by atoms with E-state index in [2.05, 4.69) is 20.2 Å². The van der Waals surface area contributed by atoms with Crippen molar-refractivity contribution in [2.24, 2.45) is 0 Å². The molecule has 0 bridgehead atoms. The van der Waals surface area contributed by atoms with Gasteiger partial charge in [0.15, 0.2) is 5.82 Å². The van der Waals surface area contributed by atoms with Crippen LogP contribution in [-0.4, -0.2) is 24.7 Å². The van der Waals surface area contributed by atoms with E-state index in [0.717, 1.165) is 16.7 Å². The first-order valence-electron chi connectivity index (χ1n) is 7.36. The van der Waals surface area contributed by atoms with Crippen LogP contribution in [-0.2, 0) is 0 Å². The number of nitrogens with zero attached hydrogens (tertiary/aromatic N) is 3. The van der Waals surface area contributed by atoms with Crippen molar-refractivity contribution in [3.63, 3.8) is 0 Å². The summed E-state index contributed by atoms with van der Waals surface area (Å²) < 4.78 is 29.2. The van der Waals surface area contributed by atoms with Crippen molar-refractivity contribution in [2.75, 3.05) is 5.73 Å². The van der Waals surface area contributed by atoms with Gasteiger partial charge < -0.3 is 10.7 Å². The lowest BCUT2D eigenvalue weighted by Crippen LogP contribution is -2.21. The highest BCUT2D eigenvalue weighted by Crippen LogP contribution is 2.27. The normalized spacial score (nSPS) is 11.2. The number of fused-ring (bicyclic) bond motifs is 1. The van der Waals surface area contributed by atoms with Crippen LogP contribution in [0.5, 0.6) is 0 Å². The Bertz CT molecular complexity index is 1250. The van der Waals surface area contributed by atoms with Crippen LogP contribution in [0.25, 0.3) is 27.8 Å². The average Bonchev–Trinajstić information content (AvgIpc) is 2.99. The van der Waals surface area contributed by atoms with Crippen molar-refractivity contribution in [2.45, 2.75) is 0 Å². The Morgan fingerprint density at radius 2 is 1.88 bits per heavy atom. The van der Waals surface area contributed by atoms with Crippen LogP contribution in [0.2, 0.25) is 0 Å². The number of nitrogen functional groups attached to an aromatic ring is 1. The van der Waals surface area contributed by atoms with Gasteiger partial charge in [-0.05, 0) is 12.1 Å².